The molecule has 3 heterocycles. The molecule has 8 nitrogen and oxygen atoms in total. The smallest absolute Gasteiger partial charge is 0.286 e. The van der Waals surface area contributed by atoms with Crippen LogP contribution in [0.4, 0.5) is 10.1 Å². The van der Waals surface area contributed by atoms with Crippen LogP contribution in [0.5, 0.6) is 0 Å². The fraction of sp³-hybridized carbons (Fsp3) is 0.500. The minimum absolute atomic E-state index is 0.0480. The highest BCUT2D eigenvalue weighted by Crippen LogP contribution is 2.23. The van der Waals surface area contributed by atoms with Crippen molar-refractivity contribution in [1.29, 1.82) is 0 Å². The molecule has 0 saturated carbocycles. The van der Waals surface area contributed by atoms with Crippen molar-refractivity contribution in [1.82, 2.24) is 20.0 Å². The molecule has 1 atom stereocenters. The van der Waals surface area contributed by atoms with Crippen molar-refractivity contribution in [3.8, 4) is 0 Å². The fourth-order valence-corrected chi connectivity index (χ4v) is 4.87. The van der Waals surface area contributed by atoms with Crippen LogP contribution in [0, 0.1) is 11.7 Å². The molecule has 0 spiro atoms. The van der Waals surface area contributed by atoms with Gasteiger partial charge >= 0.3 is 0 Å². The molecule has 0 aliphatic carbocycles. The van der Waals surface area contributed by atoms with Gasteiger partial charge < -0.3 is 15.1 Å². The lowest BCUT2D eigenvalue weighted by Crippen LogP contribution is -2.47. The third kappa shape index (κ3) is 5.29. The Hall–Kier alpha value is -2.88. The first-order valence-electron chi connectivity index (χ1n) is 11.0. The lowest BCUT2D eigenvalue weighted by atomic mass is 9.96. The first-order valence-corrected chi connectivity index (χ1v) is 11.8. The average molecular weight is 460 g/mol. The van der Waals surface area contributed by atoms with Gasteiger partial charge in [-0.1, -0.05) is 24.2 Å². The number of piperidine rings is 1. The fourth-order valence-electron chi connectivity index (χ4n) is 4.17. The number of carbonyl (C=O) groups excluding carboxylic acids is 3. The van der Waals surface area contributed by atoms with Gasteiger partial charge in [0.05, 0.1) is 5.92 Å². The summed E-state index contributed by atoms with van der Waals surface area (Å²) in [7, 11) is 0. The number of benzene rings is 1. The van der Waals surface area contributed by atoms with Crippen LogP contribution in [0.1, 0.15) is 58.1 Å². The Morgan fingerprint density at radius 2 is 1.56 bits per heavy atom. The Kier molecular flexibility index (Phi) is 7.09. The summed E-state index contributed by atoms with van der Waals surface area (Å²) in [4.78, 5) is 41.9. The number of anilines is 1. The van der Waals surface area contributed by atoms with Crippen LogP contribution in [-0.2, 0) is 4.79 Å². The number of hydrogen-bond acceptors (Lipinski definition) is 6. The molecule has 1 N–H and O–H groups in total. The van der Waals surface area contributed by atoms with Crippen molar-refractivity contribution in [3.05, 3.63) is 40.1 Å². The van der Waals surface area contributed by atoms with Crippen molar-refractivity contribution < 1.29 is 18.8 Å². The van der Waals surface area contributed by atoms with E-state index in [9.17, 15) is 18.8 Å². The van der Waals surface area contributed by atoms with Gasteiger partial charge in [-0.05, 0) is 49.9 Å². The summed E-state index contributed by atoms with van der Waals surface area (Å²) < 4.78 is 13.0. The Balaban J connectivity index is 1.37. The number of likely N-dealkylation sites (tertiary alicyclic amines) is 2. The largest absolute Gasteiger partial charge is 0.342 e. The van der Waals surface area contributed by atoms with Crippen molar-refractivity contribution in [3.63, 3.8) is 0 Å². The van der Waals surface area contributed by atoms with Gasteiger partial charge in [0.1, 0.15) is 5.82 Å². The lowest BCUT2D eigenvalue weighted by molar-refractivity contribution is -0.136. The van der Waals surface area contributed by atoms with Crippen LogP contribution in [0.2, 0.25) is 0 Å². The number of hydrogen-bond donors (Lipinski definition) is 1. The Bertz CT molecular complexity index is 972. The van der Waals surface area contributed by atoms with E-state index in [1.54, 1.807) is 4.90 Å². The SMILES string of the molecule is O=C(Nc1ccc(F)cc1)c1nnc(C(=O)N2CCCC(C(=O)N3CCCCCC3)C2)s1. The Labute approximate surface area is 189 Å². The van der Waals surface area contributed by atoms with Gasteiger partial charge in [-0.2, -0.15) is 0 Å². The molecular weight excluding hydrogens is 433 g/mol. The second-order valence-corrected chi connectivity index (χ2v) is 9.18. The Morgan fingerprint density at radius 3 is 2.28 bits per heavy atom. The number of rotatable bonds is 4. The molecule has 2 aromatic rings. The molecule has 2 fully saturated rings. The van der Waals surface area contributed by atoms with Gasteiger partial charge in [0.15, 0.2) is 0 Å². The number of nitrogens with one attached hydrogen (secondary N) is 1. The number of amides is 3. The van der Waals surface area contributed by atoms with Crippen LogP contribution in [0.15, 0.2) is 24.3 Å². The minimum Gasteiger partial charge on any atom is -0.342 e. The molecule has 0 radical (unpaired) electrons. The molecular formula is C22H26FN5O3S. The summed E-state index contributed by atoms with van der Waals surface area (Å²) in [5, 5.41) is 10.5. The zero-order valence-electron chi connectivity index (χ0n) is 17.8. The second-order valence-electron chi connectivity index (χ2n) is 8.20. The van der Waals surface area contributed by atoms with E-state index >= 15 is 0 Å². The average Bonchev–Trinajstić information content (AvgIpc) is 3.15. The van der Waals surface area contributed by atoms with Crippen LogP contribution in [0.3, 0.4) is 0 Å². The standard InChI is InChI=1S/C22H26FN5O3S/c23-16-7-9-17(10-8-16)24-18(29)19-25-26-20(32-19)22(31)28-13-5-6-15(14-28)21(30)27-11-3-1-2-4-12-27/h7-10,15H,1-6,11-14H2,(H,24,29). The molecule has 0 bridgehead atoms. The molecule has 1 unspecified atom stereocenters. The van der Waals surface area contributed by atoms with Crippen LogP contribution in [0.25, 0.3) is 0 Å². The quantitative estimate of drug-likeness (QED) is 0.758. The lowest BCUT2D eigenvalue weighted by Gasteiger charge is -2.34. The number of carbonyl (C=O) groups is 3. The molecule has 1 aromatic heterocycles. The maximum absolute atomic E-state index is 13.0. The van der Waals surface area contributed by atoms with Crippen LogP contribution < -0.4 is 5.32 Å². The summed E-state index contributed by atoms with van der Waals surface area (Å²) in [5.41, 5.74) is 0.422. The van der Waals surface area contributed by atoms with E-state index in [-0.39, 0.29) is 27.7 Å². The molecule has 10 heteroatoms. The van der Waals surface area contributed by atoms with Crippen molar-refractivity contribution >= 4 is 34.7 Å². The van der Waals surface area contributed by atoms with E-state index < -0.39 is 11.7 Å². The van der Waals surface area contributed by atoms with E-state index in [0.29, 0.717) is 18.8 Å². The predicted octanol–water partition coefficient (Wildman–Crippen LogP) is 3.18. The molecule has 4 rings (SSSR count). The van der Waals surface area contributed by atoms with Crippen molar-refractivity contribution in [2.75, 3.05) is 31.5 Å². The van der Waals surface area contributed by atoms with E-state index in [1.165, 1.54) is 24.3 Å². The predicted molar refractivity (Wildman–Crippen MR) is 118 cm³/mol. The maximum Gasteiger partial charge on any atom is 0.286 e. The van der Waals surface area contributed by atoms with Crippen molar-refractivity contribution in [2.24, 2.45) is 5.92 Å². The Morgan fingerprint density at radius 1 is 0.906 bits per heavy atom. The van der Waals surface area contributed by atoms with Gasteiger partial charge in [-0.15, -0.1) is 10.2 Å². The maximum atomic E-state index is 13.0. The number of aromatic nitrogens is 2. The minimum atomic E-state index is -0.513. The first kappa shape index (κ1) is 22.3. The highest BCUT2D eigenvalue weighted by molar-refractivity contribution is 7.15. The van der Waals surface area contributed by atoms with E-state index in [2.05, 4.69) is 15.5 Å². The molecule has 170 valence electrons. The summed E-state index contributed by atoms with van der Waals surface area (Å²) in [5.74, 6) is -1.28. The number of halogens is 1. The highest BCUT2D eigenvalue weighted by Gasteiger charge is 2.33. The zero-order valence-corrected chi connectivity index (χ0v) is 18.6. The molecule has 3 amide bonds. The van der Waals surface area contributed by atoms with Gasteiger partial charge in [0.25, 0.3) is 11.8 Å². The van der Waals surface area contributed by atoms with Crippen molar-refractivity contribution in [2.45, 2.75) is 38.5 Å². The van der Waals surface area contributed by atoms with Gasteiger partial charge in [-0.25, -0.2) is 4.39 Å². The third-order valence-corrected chi connectivity index (χ3v) is 6.79. The first-order chi connectivity index (χ1) is 15.5. The summed E-state index contributed by atoms with van der Waals surface area (Å²) in [6, 6.07) is 5.36. The normalized spacial score (nSPS) is 19.3. The van der Waals surface area contributed by atoms with Gasteiger partial charge in [-0.3, -0.25) is 14.4 Å². The zero-order chi connectivity index (χ0) is 22.5. The summed E-state index contributed by atoms with van der Waals surface area (Å²) >= 11 is 0.911. The molecule has 2 aliphatic heterocycles. The van der Waals surface area contributed by atoms with Crippen LogP contribution >= 0.6 is 11.3 Å². The van der Waals surface area contributed by atoms with Gasteiger partial charge in [0, 0.05) is 31.9 Å². The summed E-state index contributed by atoms with van der Waals surface area (Å²) in [6.45, 7) is 2.52. The molecule has 2 aliphatic rings. The van der Waals surface area contributed by atoms with E-state index in [4.69, 9.17) is 0 Å². The molecule has 2 saturated heterocycles. The topological polar surface area (TPSA) is 95.5 Å². The highest BCUT2D eigenvalue weighted by atomic mass is 32.1. The number of nitrogens with zero attached hydrogens (tertiary/aromatic N) is 4. The van der Waals surface area contributed by atoms with E-state index in [1.807, 2.05) is 4.90 Å². The van der Waals surface area contributed by atoms with Crippen LogP contribution in [-0.4, -0.2) is 63.9 Å². The molecule has 32 heavy (non-hydrogen) atoms. The molecule has 1 aromatic carbocycles. The third-order valence-electron chi connectivity index (χ3n) is 5.88. The monoisotopic (exact) mass is 459 g/mol. The second kappa shape index (κ2) is 10.2. The van der Waals surface area contributed by atoms with E-state index in [0.717, 1.165) is 63.0 Å². The van der Waals surface area contributed by atoms with Gasteiger partial charge in [0.2, 0.25) is 15.9 Å². The summed E-state index contributed by atoms with van der Waals surface area (Å²) in [6.07, 6.45) is 5.93.